The van der Waals surface area contributed by atoms with E-state index in [2.05, 4.69) is 5.10 Å². The van der Waals surface area contributed by atoms with E-state index < -0.39 is 6.03 Å². The van der Waals surface area contributed by atoms with Crippen LogP contribution in [0.4, 0.5) is 4.79 Å². The van der Waals surface area contributed by atoms with Crippen molar-refractivity contribution in [1.29, 1.82) is 0 Å². The first-order valence-corrected chi connectivity index (χ1v) is 5.35. The summed E-state index contributed by atoms with van der Waals surface area (Å²) in [6.45, 7) is 0. The molecule has 0 fully saturated rings. The van der Waals surface area contributed by atoms with Gasteiger partial charge >= 0.3 is 6.03 Å². The molecule has 0 saturated carbocycles. The van der Waals surface area contributed by atoms with Gasteiger partial charge in [0.2, 0.25) is 0 Å². The summed E-state index contributed by atoms with van der Waals surface area (Å²) < 4.78 is 1.51. The second kappa shape index (κ2) is 7.29. The van der Waals surface area contributed by atoms with Gasteiger partial charge in [0.15, 0.2) is 11.9 Å². The number of pyridine rings is 1. The summed E-state index contributed by atoms with van der Waals surface area (Å²) in [5.41, 5.74) is 7.52. The molecule has 1 rings (SSSR count). The molecule has 1 heterocycles. The van der Waals surface area contributed by atoms with Gasteiger partial charge in [-0.25, -0.2) is 10.2 Å². The van der Waals surface area contributed by atoms with Gasteiger partial charge in [-0.3, -0.25) is 4.79 Å². The highest BCUT2D eigenvalue weighted by atomic mass is 35.5. The van der Waals surface area contributed by atoms with Crippen LogP contribution < -0.4 is 28.1 Å². The second-order valence-corrected chi connectivity index (χ2v) is 4.04. The number of hydrazone groups is 1. The summed E-state index contributed by atoms with van der Waals surface area (Å²) >= 11 is 0. The maximum absolute atomic E-state index is 11.8. The molecular formula is C11H16ClN5O3. The smallest absolute Gasteiger partial charge is 0.332 e. The summed E-state index contributed by atoms with van der Waals surface area (Å²) in [6, 6.07) is 0.520. The molecule has 0 aliphatic heterocycles. The fraction of sp³-hybridized carbons (Fsp3) is 0.273. The molecule has 9 heteroatoms. The summed E-state index contributed by atoms with van der Waals surface area (Å²) in [5, 5.41) is 13.4. The fourth-order valence-corrected chi connectivity index (χ4v) is 1.41. The van der Waals surface area contributed by atoms with Gasteiger partial charge < -0.3 is 28.1 Å². The van der Waals surface area contributed by atoms with Crippen molar-refractivity contribution < 1.29 is 31.7 Å². The first kappa shape index (κ1) is 17.6. The third kappa shape index (κ3) is 4.39. The van der Waals surface area contributed by atoms with Crippen molar-refractivity contribution in [2.24, 2.45) is 17.9 Å². The van der Waals surface area contributed by atoms with Crippen molar-refractivity contribution in [2.75, 3.05) is 14.1 Å². The van der Waals surface area contributed by atoms with Gasteiger partial charge in [0.05, 0.1) is 0 Å². The van der Waals surface area contributed by atoms with Crippen LogP contribution in [0.1, 0.15) is 16.1 Å². The van der Waals surface area contributed by atoms with E-state index in [1.807, 2.05) is 5.43 Å². The first-order valence-electron chi connectivity index (χ1n) is 5.35. The SMILES string of the molecule is CN(C)C(=O)c1cc(O)c(/C=N/NC(N)=O)[n+](C)c1.[Cl-]. The zero-order valence-electron chi connectivity index (χ0n) is 11.3. The minimum absolute atomic E-state index is 0. The molecule has 0 spiro atoms. The zero-order chi connectivity index (χ0) is 14.6. The predicted molar refractivity (Wildman–Crippen MR) is 67.6 cm³/mol. The number of carbonyl (C=O) groups excluding carboxylic acids is 2. The average Bonchev–Trinajstić information content (AvgIpc) is 2.30. The number of aryl methyl sites for hydroxylation is 1. The van der Waals surface area contributed by atoms with Gasteiger partial charge in [0.1, 0.15) is 18.8 Å². The van der Waals surface area contributed by atoms with E-state index in [0.717, 1.165) is 0 Å². The van der Waals surface area contributed by atoms with Crippen LogP contribution in [-0.2, 0) is 7.05 Å². The fourth-order valence-electron chi connectivity index (χ4n) is 1.41. The number of nitrogens with one attached hydrogen (secondary N) is 1. The number of hydrogen-bond donors (Lipinski definition) is 3. The number of rotatable bonds is 3. The van der Waals surface area contributed by atoms with Crippen molar-refractivity contribution >= 4 is 18.2 Å². The van der Waals surface area contributed by atoms with Crippen LogP contribution in [0.15, 0.2) is 17.4 Å². The average molecular weight is 302 g/mol. The lowest BCUT2D eigenvalue weighted by Gasteiger charge is -2.09. The Morgan fingerprint density at radius 2 is 2.10 bits per heavy atom. The lowest BCUT2D eigenvalue weighted by Crippen LogP contribution is -3.00. The Morgan fingerprint density at radius 1 is 1.50 bits per heavy atom. The highest BCUT2D eigenvalue weighted by Crippen LogP contribution is 2.13. The zero-order valence-corrected chi connectivity index (χ0v) is 12.0. The van der Waals surface area contributed by atoms with Crippen molar-refractivity contribution in [3.05, 3.63) is 23.5 Å². The quantitative estimate of drug-likeness (QED) is 0.300. The van der Waals surface area contributed by atoms with Crippen LogP contribution in [-0.4, -0.2) is 42.3 Å². The highest BCUT2D eigenvalue weighted by Gasteiger charge is 2.18. The van der Waals surface area contributed by atoms with Crippen molar-refractivity contribution in [3.8, 4) is 5.75 Å². The Kier molecular flexibility index (Phi) is 6.43. The molecule has 4 N–H and O–H groups in total. The molecule has 20 heavy (non-hydrogen) atoms. The topological polar surface area (TPSA) is 112 Å². The van der Waals surface area contributed by atoms with Crippen molar-refractivity contribution in [2.45, 2.75) is 0 Å². The van der Waals surface area contributed by atoms with E-state index in [1.54, 1.807) is 27.3 Å². The summed E-state index contributed by atoms with van der Waals surface area (Å²) in [7, 11) is 4.87. The van der Waals surface area contributed by atoms with Crippen LogP contribution in [0, 0.1) is 0 Å². The van der Waals surface area contributed by atoms with E-state index in [0.29, 0.717) is 11.3 Å². The number of hydrogen-bond acceptors (Lipinski definition) is 4. The van der Waals surface area contributed by atoms with Gasteiger partial charge in [-0.2, -0.15) is 9.67 Å². The first-order chi connectivity index (χ1) is 8.82. The van der Waals surface area contributed by atoms with Gasteiger partial charge in [-0.05, 0) is 0 Å². The van der Waals surface area contributed by atoms with E-state index >= 15 is 0 Å². The number of primary amides is 1. The molecule has 8 nitrogen and oxygen atoms in total. The molecule has 0 aliphatic rings. The number of nitrogens with two attached hydrogens (primary N) is 1. The van der Waals surface area contributed by atoms with E-state index in [1.165, 1.54) is 21.7 Å². The Morgan fingerprint density at radius 3 is 2.55 bits per heavy atom. The van der Waals surface area contributed by atoms with Gasteiger partial charge in [0, 0.05) is 20.2 Å². The number of aromatic hydroxyl groups is 1. The Balaban J connectivity index is 0.00000361. The lowest BCUT2D eigenvalue weighted by atomic mass is 10.2. The van der Waals surface area contributed by atoms with Crippen LogP contribution in [0.3, 0.4) is 0 Å². The predicted octanol–water partition coefficient (Wildman–Crippen LogP) is -4.08. The standard InChI is InChI=1S/C11H15N5O3.ClH/c1-15(2)10(18)7-4-9(17)8(16(3)6-7)5-13-14-11(12)19;/h4-6H,1-3H3,(H3,12,17,19);1H. The van der Waals surface area contributed by atoms with Gasteiger partial charge in [-0.15, -0.1) is 0 Å². The van der Waals surface area contributed by atoms with E-state index in [4.69, 9.17) is 5.73 Å². The number of urea groups is 1. The lowest BCUT2D eigenvalue weighted by molar-refractivity contribution is -0.672. The Bertz CT molecular complexity index is 522. The molecule has 0 bridgehead atoms. The minimum atomic E-state index is -0.808. The van der Waals surface area contributed by atoms with Crippen LogP contribution >= 0.6 is 0 Å². The third-order valence-corrected chi connectivity index (χ3v) is 2.28. The van der Waals surface area contributed by atoms with Crippen LogP contribution in [0.2, 0.25) is 0 Å². The molecule has 0 aromatic carbocycles. The molecule has 1 aromatic heterocycles. The normalized spacial score (nSPS) is 9.95. The van der Waals surface area contributed by atoms with Gasteiger partial charge in [0.25, 0.3) is 11.6 Å². The molecule has 0 radical (unpaired) electrons. The number of amides is 3. The van der Waals surface area contributed by atoms with Gasteiger partial charge in [-0.1, -0.05) is 0 Å². The van der Waals surface area contributed by atoms with Crippen LogP contribution in [0.25, 0.3) is 0 Å². The van der Waals surface area contributed by atoms with Crippen molar-refractivity contribution in [1.82, 2.24) is 10.3 Å². The highest BCUT2D eigenvalue weighted by molar-refractivity contribution is 5.94. The summed E-state index contributed by atoms with van der Waals surface area (Å²) in [5.74, 6) is -0.366. The minimum Gasteiger partial charge on any atom is -1.00 e. The molecule has 1 aromatic rings. The van der Waals surface area contributed by atoms with E-state index in [-0.39, 0.29) is 24.1 Å². The Hall–Kier alpha value is -2.35. The van der Waals surface area contributed by atoms with Crippen LogP contribution in [0.5, 0.6) is 5.75 Å². The number of carbonyl (C=O) groups is 2. The maximum Gasteiger partial charge on any atom is 0.332 e. The van der Waals surface area contributed by atoms with E-state index in [9.17, 15) is 14.7 Å². The third-order valence-electron chi connectivity index (χ3n) is 2.28. The molecule has 0 saturated heterocycles. The molecule has 3 amide bonds. The number of aromatic nitrogens is 1. The molecule has 0 atom stereocenters. The molecule has 0 unspecified atom stereocenters. The second-order valence-electron chi connectivity index (χ2n) is 4.04. The van der Waals surface area contributed by atoms with Crippen molar-refractivity contribution in [3.63, 3.8) is 0 Å². The maximum atomic E-state index is 11.8. The molecule has 110 valence electrons. The number of halogens is 1. The molecule has 0 aliphatic carbocycles. The largest absolute Gasteiger partial charge is 1.00 e. The summed E-state index contributed by atoms with van der Waals surface area (Å²) in [4.78, 5) is 23.6. The monoisotopic (exact) mass is 301 g/mol. The Labute approximate surface area is 122 Å². The summed E-state index contributed by atoms with van der Waals surface area (Å²) in [6.07, 6.45) is 2.78. The molecular weight excluding hydrogens is 286 g/mol. The number of nitrogens with zero attached hydrogens (tertiary/aromatic N) is 3.